The fourth-order valence-corrected chi connectivity index (χ4v) is 7.16. The number of imide groups is 2. The second-order valence-corrected chi connectivity index (χ2v) is 15.0. The molecule has 0 radical (unpaired) electrons. The van der Waals surface area contributed by atoms with E-state index >= 15 is 0 Å². The Morgan fingerprint density at radius 2 is 1.68 bits per heavy atom. The SMILES string of the molecule is C=CCC1(C(C)CCC)C(=O)NC(=O)NC1=O.CCN[C@@H]1C[C@H](N)[C@@H](OC2OC(CN)=CCC2N)[C@H](O)[C@H]1O[C@H]1OC[C@](C)(O)[C@H](NC)[C@H]1O.O=S(=O)([O-])O.[Na+]. The van der Waals surface area contributed by atoms with Gasteiger partial charge in [-0.15, -0.1) is 6.58 Å². The van der Waals surface area contributed by atoms with Crippen molar-refractivity contribution in [1.82, 2.24) is 21.3 Å². The van der Waals surface area contributed by atoms with Crippen LogP contribution in [-0.2, 0) is 38.9 Å². The largest absolute Gasteiger partial charge is 1.00 e. The van der Waals surface area contributed by atoms with E-state index in [2.05, 4.69) is 27.8 Å². The number of barbiturate groups is 1. The number of urea groups is 1. The molecule has 12 atom stereocenters. The number of carbonyl (C=O) groups is 3. The van der Waals surface area contributed by atoms with Crippen LogP contribution in [0.25, 0.3) is 0 Å². The fraction of sp³-hybridized carbons (Fsp3) is 0.788. The van der Waals surface area contributed by atoms with Crippen molar-refractivity contribution < 1.29 is 95.7 Å². The van der Waals surface area contributed by atoms with Crippen molar-refractivity contribution in [1.29, 1.82) is 0 Å². The van der Waals surface area contributed by atoms with Gasteiger partial charge in [0.15, 0.2) is 6.29 Å². The average Bonchev–Trinajstić information content (AvgIpc) is 3.08. The van der Waals surface area contributed by atoms with Crippen molar-refractivity contribution in [3.8, 4) is 0 Å². The molecular weight excluding hydrogens is 773 g/mol. The average molecular weight is 834 g/mol. The molecule has 3 fully saturated rings. The van der Waals surface area contributed by atoms with Crippen LogP contribution < -0.4 is 68.0 Å². The third-order valence-electron chi connectivity index (χ3n) is 9.94. The molecule has 3 unspecified atom stereocenters. The Hall–Kier alpha value is -1.68. The summed E-state index contributed by atoms with van der Waals surface area (Å²) in [6.45, 7) is 11.7. The summed E-state index contributed by atoms with van der Waals surface area (Å²) in [4.78, 5) is 35.1. The van der Waals surface area contributed by atoms with Crippen LogP contribution in [0.1, 0.15) is 59.8 Å². The number of nitrogens with one attached hydrogen (secondary N) is 4. The van der Waals surface area contributed by atoms with E-state index in [1.165, 1.54) is 0 Å². The minimum atomic E-state index is -4.92. The number of likely N-dealkylation sites (N-methyl/N-ethyl adjacent to an activating group) is 2. The number of rotatable bonds is 13. The molecule has 21 nitrogen and oxygen atoms in total. The predicted molar refractivity (Wildman–Crippen MR) is 195 cm³/mol. The summed E-state index contributed by atoms with van der Waals surface area (Å²) in [5, 5.41) is 43.1. The third-order valence-corrected chi connectivity index (χ3v) is 9.94. The number of carbonyl (C=O) groups excluding carboxylic acids is 3. The standard InChI is InChI=1S/C21H41N5O7.C12H18N2O3.Na.H2O4S/c1-4-26-13-7-12(24)16(32-19-11(23)6-5-10(8-22)31-19)14(27)17(13)33-20-15(28)18(25-3)21(2,29)9-30-20;1-4-6-8(3)12(7-5-2)9(15)13-11(17)14-10(12)16;;1-5(2,3)4/h5,11-20,25-29H,4,6-9,22-24H2,1-3H3;5,8H,2,4,6-7H2,1,3H3,(H2,13,14,15,16,17);;(H2,1,2,3,4)/q;;+1;/p-1/t11?,12-,13+,14-,15+,16+,17-,18+,19?,20+,21-;;;/m0.../s1. The van der Waals surface area contributed by atoms with E-state index in [1.54, 1.807) is 20.0 Å². The van der Waals surface area contributed by atoms with Gasteiger partial charge in [0.05, 0.1) is 25.2 Å². The number of aliphatic hydroxyl groups is 3. The molecule has 0 aromatic carbocycles. The van der Waals surface area contributed by atoms with Gasteiger partial charge in [-0.25, -0.2) is 13.2 Å². The van der Waals surface area contributed by atoms with E-state index in [0.29, 0.717) is 25.1 Å². The molecule has 0 aromatic heterocycles. The third kappa shape index (κ3) is 14.0. The van der Waals surface area contributed by atoms with Crippen LogP contribution in [0.2, 0.25) is 0 Å². The summed E-state index contributed by atoms with van der Waals surface area (Å²) in [5.41, 5.74) is 15.7. The van der Waals surface area contributed by atoms with E-state index in [-0.39, 0.29) is 61.1 Å². The molecule has 1 saturated carbocycles. The number of hydrogen-bond donors (Lipinski definition) is 11. The van der Waals surface area contributed by atoms with Gasteiger partial charge in [-0.05, 0) is 58.2 Å². The van der Waals surface area contributed by atoms with Crippen molar-refractivity contribution in [2.75, 3.05) is 26.7 Å². The zero-order chi connectivity index (χ0) is 41.9. The van der Waals surface area contributed by atoms with Crippen molar-refractivity contribution in [2.45, 2.75) is 127 Å². The maximum atomic E-state index is 12.0. The molecule has 2 saturated heterocycles. The number of aliphatic hydroxyl groups excluding tert-OH is 2. The van der Waals surface area contributed by atoms with E-state index < -0.39 is 94.4 Å². The molecule has 4 aliphatic rings. The van der Waals surface area contributed by atoms with Gasteiger partial charge in [-0.2, -0.15) is 0 Å². The number of allylic oxidation sites excluding steroid dienone is 1. The van der Waals surface area contributed by atoms with E-state index in [0.717, 1.165) is 12.8 Å². The molecule has 318 valence electrons. The van der Waals surface area contributed by atoms with Gasteiger partial charge < -0.3 is 66.7 Å². The molecule has 0 bridgehead atoms. The van der Waals surface area contributed by atoms with Crippen LogP contribution in [0.15, 0.2) is 24.5 Å². The van der Waals surface area contributed by atoms with Gasteiger partial charge in [0, 0.05) is 12.1 Å². The monoisotopic (exact) mass is 833 g/mol. The van der Waals surface area contributed by atoms with Crippen LogP contribution in [0.3, 0.4) is 0 Å². The van der Waals surface area contributed by atoms with Crippen LogP contribution in [0, 0.1) is 11.3 Å². The maximum Gasteiger partial charge on any atom is 1.00 e. The van der Waals surface area contributed by atoms with Gasteiger partial charge in [0.1, 0.15) is 41.2 Å². The van der Waals surface area contributed by atoms with Crippen LogP contribution in [0.4, 0.5) is 4.79 Å². The summed E-state index contributed by atoms with van der Waals surface area (Å²) in [7, 11) is -3.28. The van der Waals surface area contributed by atoms with Crippen LogP contribution in [-0.4, -0.2) is 144 Å². The fourth-order valence-electron chi connectivity index (χ4n) is 7.16. The first-order chi connectivity index (χ1) is 25.6. The Bertz CT molecular complexity index is 1420. The quantitative estimate of drug-likeness (QED) is 0.0271. The van der Waals surface area contributed by atoms with Gasteiger partial charge in [-0.1, -0.05) is 33.3 Å². The number of hydrogen-bond acceptors (Lipinski definition) is 18. The minimum absolute atomic E-state index is 0. The van der Waals surface area contributed by atoms with Crippen molar-refractivity contribution in [3.05, 3.63) is 24.5 Å². The van der Waals surface area contributed by atoms with Gasteiger partial charge in [-0.3, -0.25) is 24.8 Å². The molecule has 4 rings (SSSR count). The molecular formula is C33H60N7NaO14S. The predicted octanol–water partition coefficient (Wildman–Crippen LogP) is -5.84. The molecule has 1 aliphatic carbocycles. The van der Waals surface area contributed by atoms with Crippen molar-refractivity contribution >= 4 is 28.2 Å². The Morgan fingerprint density at radius 1 is 1.11 bits per heavy atom. The summed E-state index contributed by atoms with van der Waals surface area (Å²) in [5.74, 6) is -0.611. The molecule has 14 N–H and O–H groups in total. The zero-order valence-corrected chi connectivity index (χ0v) is 35.7. The first-order valence-electron chi connectivity index (χ1n) is 18.1. The van der Waals surface area contributed by atoms with E-state index in [9.17, 15) is 29.7 Å². The topological polar surface area (TPSA) is 352 Å². The maximum absolute atomic E-state index is 12.0. The Morgan fingerprint density at radius 3 is 2.18 bits per heavy atom. The van der Waals surface area contributed by atoms with Crippen LogP contribution >= 0.6 is 0 Å². The zero-order valence-electron chi connectivity index (χ0n) is 32.9. The molecule has 3 heterocycles. The van der Waals surface area contributed by atoms with E-state index in [4.69, 9.17) is 53.7 Å². The number of ether oxygens (including phenoxy) is 4. The molecule has 4 amide bonds. The Labute approximate surface area is 350 Å². The summed E-state index contributed by atoms with van der Waals surface area (Å²) in [6, 6.07) is -2.70. The van der Waals surface area contributed by atoms with Crippen molar-refractivity contribution in [3.63, 3.8) is 0 Å². The molecule has 56 heavy (non-hydrogen) atoms. The van der Waals surface area contributed by atoms with Gasteiger partial charge in [0.2, 0.25) is 28.5 Å². The minimum Gasteiger partial charge on any atom is -0.726 e. The number of nitrogens with two attached hydrogens (primary N) is 3. The normalized spacial score (nSPS) is 34.7. The van der Waals surface area contributed by atoms with Gasteiger partial charge >= 0.3 is 35.6 Å². The van der Waals surface area contributed by atoms with Crippen molar-refractivity contribution in [2.24, 2.45) is 28.5 Å². The number of amides is 4. The van der Waals surface area contributed by atoms with E-state index in [1.807, 2.05) is 26.8 Å². The smallest absolute Gasteiger partial charge is 0.726 e. The second-order valence-electron chi connectivity index (χ2n) is 14.1. The molecule has 3 aliphatic heterocycles. The summed E-state index contributed by atoms with van der Waals surface area (Å²) in [6.07, 6.45) is 0.334. The molecule has 23 heteroatoms. The van der Waals surface area contributed by atoms with Gasteiger partial charge in [0.25, 0.3) is 0 Å². The first kappa shape index (κ1) is 52.3. The summed E-state index contributed by atoms with van der Waals surface area (Å²) >= 11 is 0. The second kappa shape index (κ2) is 23.2. The summed E-state index contributed by atoms with van der Waals surface area (Å²) < 4.78 is 56.4. The molecule has 0 spiro atoms. The van der Waals surface area contributed by atoms with Crippen LogP contribution in [0.5, 0.6) is 0 Å². The molecule has 0 aromatic rings. The first-order valence-corrected chi connectivity index (χ1v) is 19.4. The Balaban J connectivity index is 0.000000570. The Kier molecular flexibility index (Phi) is 21.7.